The van der Waals surface area contributed by atoms with Crippen LogP contribution in [-0.4, -0.2) is 18.2 Å². The van der Waals surface area contributed by atoms with E-state index < -0.39 is 0 Å². The molecule has 1 aliphatic heterocycles. The van der Waals surface area contributed by atoms with E-state index in [0.717, 1.165) is 60.4 Å². The van der Waals surface area contributed by atoms with Gasteiger partial charge in [0.15, 0.2) is 5.58 Å². The van der Waals surface area contributed by atoms with Crippen molar-refractivity contribution in [1.29, 1.82) is 0 Å². The fraction of sp³-hybridized carbons (Fsp3) is 0.350. The molecule has 0 unspecified atom stereocenters. The van der Waals surface area contributed by atoms with E-state index in [9.17, 15) is 0 Å². The van der Waals surface area contributed by atoms with E-state index in [-0.39, 0.29) is 0 Å². The molecule has 2 aromatic carbocycles. The highest BCUT2D eigenvalue weighted by molar-refractivity contribution is 5.79. The Kier molecular flexibility index (Phi) is 3.98. The molecule has 4 rings (SSSR count). The fourth-order valence-electron chi connectivity index (χ4n) is 3.39. The van der Waals surface area contributed by atoms with Gasteiger partial charge in [0.1, 0.15) is 5.52 Å². The summed E-state index contributed by atoms with van der Waals surface area (Å²) in [5.74, 6) is 1.29. The van der Waals surface area contributed by atoms with Gasteiger partial charge in [0.05, 0.1) is 0 Å². The highest BCUT2D eigenvalue weighted by atomic mass is 16.5. The minimum absolute atomic E-state index is 0.628. The van der Waals surface area contributed by atoms with Crippen LogP contribution in [0.2, 0.25) is 0 Å². The number of nitrogens with zero attached hydrogens (tertiary/aromatic N) is 1. The lowest BCUT2D eigenvalue weighted by atomic mass is 9.91. The summed E-state index contributed by atoms with van der Waals surface area (Å²) in [6.07, 6.45) is 3.25. The summed E-state index contributed by atoms with van der Waals surface area (Å²) in [7, 11) is 0. The summed E-state index contributed by atoms with van der Waals surface area (Å²) in [4.78, 5) is 4.63. The Morgan fingerprint density at radius 3 is 2.75 bits per heavy atom. The van der Waals surface area contributed by atoms with Crippen LogP contribution in [0.5, 0.6) is 0 Å². The maximum Gasteiger partial charge on any atom is 0.227 e. The maximum absolute atomic E-state index is 6.30. The van der Waals surface area contributed by atoms with Crippen molar-refractivity contribution < 1.29 is 9.15 Å². The van der Waals surface area contributed by atoms with Crippen LogP contribution in [0.25, 0.3) is 22.6 Å². The Morgan fingerprint density at radius 2 is 2.00 bits per heavy atom. The Labute approximate surface area is 141 Å². The first-order valence-corrected chi connectivity index (χ1v) is 8.53. The molecular weight excluding hydrogens is 300 g/mol. The second-order valence-electron chi connectivity index (χ2n) is 6.61. The Balaban J connectivity index is 1.61. The van der Waals surface area contributed by atoms with Gasteiger partial charge in [-0.15, -0.1) is 0 Å². The van der Waals surface area contributed by atoms with Gasteiger partial charge in [-0.2, -0.15) is 0 Å². The largest absolute Gasteiger partial charge is 0.436 e. The minimum Gasteiger partial charge on any atom is -0.436 e. The molecule has 1 fully saturated rings. The molecule has 2 heterocycles. The predicted octanol–water partition coefficient (Wildman–Crippen LogP) is 4.35. The molecule has 0 spiro atoms. The second kappa shape index (κ2) is 6.29. The summed E-state index contributed by atoms with van der Waals surface area (Å²) < 4.78 is 11.3. The molecule has 24 heavy (non-hydrogen) atoms. The lowest BCUT2D eigenvalue weighted by molar-refractivity contribution is 0.0666. The standard InChI is InChI=1S/C20H22N2O2/c1-13-3-2-4-18-19(13)22-20(24-18)16-6-5-15(17(21)12-16)11-14-7-9-23-10-8-14/h2-6,12,14H,7-11,21H2,1H3. The van der Waals surface area contributed by atoms with Gasteiger partial charge in [-0.3, -0.25) is 0 Å². The third-order valence-corrected chi connectivity index (χ3v) is 4.86. The van der Waals surface area contributed by atoms with Crippen molar-refractivity contribution in [2.45, 2.75) is 26.2 Å². The van der Waals surface area contributed by atoms with Gasteiger partial charge < -0.3 is 14.9 Å². The zero-order valence-corrected chi connectivity index (χ0v) is 13.9. The first-order chi connectivity index (χ1) is 11.7. The summed E-state index contributed by atoms with van der Waals surface area (Å²) in [5.41, 5.74) is 12.1. The predicted molar refractivity (Wildman–Crippen MR) is 95.8 cm³/mol. The lowest BCUT2D eigenvalue weighted by Gasteiger charge is -2.22. The molecule has 1 saturated heterocycles. The van der Waals surface area contributed by atoms with E-state index >= 15 is 0 Å². The number of ether oxygens (including phenoxy) is 1. The first-order valence-electron chi connectivity index (χ1n) is 8.53. The summed E-state index contributed by atoms with van der Waals surface area (Å²) >= 11 is 0. The zero-order chi connectivity index (χ0) is 16.5. The molecule has 4 nitrogen and oxygen atoms in total. The van der Waals surface area contributed by atoms with Gasteiger partial charge in [-0.1, -0.05) is 18.2 Å². The highest BCUT2D eigenvalue weighted by Gasteiger charge is 2.16. The highest BCUT2D eigenvalue weighted by Crippen LogP contribution is 2.30. The van der Waals surface area contributed by atoms with Crippen LogP contribution in [0, 0.1) is 12.8 Å². The molecule has 0 radical (unpaired) electrons. The maximum atomic E-state index is 6.30. The normalized spacial score (nSPS) is 15.9. The molecule has 2 N–H and O–H groups in total. The number of para-hydroxylation sites is 1. The number of hydrogen-bond donors (Lipinski definition) is 1. The molecule has 0 aliphatic carbocycles. The summed E-state index contributed by atoms with van der Waals surface area (Å²) in [5, 5.41) is 0. The van der Waals surface area contributed by atoms with E-state index in [4.69, 9.17) is 14.9 Å². The Morgan fingerprint density at radius 1 is 1.17 bits per heavy atom. The summed E-state index contributed by atoms with van der Waals surface area (Å²) in [6.45, 7) is 3.77. The number of aromatic nitrogens is 1. The number of rotatable bonds is 3. The molecule has 124 valence electrons. The van der Waals surface area contributed by atoms with Crippen LogP contribution >= 0.6 is 0 Å². The van der Waals surface area contributed by atoms with Gasteiger partial charge in [0.25, 0.3) is 0 Å². The van der Waals surface area contributed by atoms with Gasteiger partial charge >= 0.3 is 0 Å². The van der Waals surface area contributed by atoms with Crippen molar-refractivity contribution in [3.05, 3.63) is 47.5 Å². The van der Waals surface area contributed by atoms with Crippen molar-refractivity contribution in [1.82, 2.24) is 4.98 Å². The average Bonchev–Trinajstić information content (AvgIpc) is 3.03. The quantitative estimate of drug-likeness (QED) is 0.728. The van der Waals surface area contributed by atoms with Crippen LogP contribution < -0.4 is 5.73 Å². The fourth-order valence-corrected chi connectivity index (χ4v) is 3.39. The molecule has 0 atom stereocenters. The molecule has 4 heteroatoms. The first kappa shape index (κ1) is 15.2. The van der Waals surface area contributed by atoms with Crippen LogP contribution in [0.1, 0.15) is 24.0 Å². The smallest absolute Gasteiger partial charge is 0.227 e. The molecule has 0 bridgehead atoms. The van der Waals surface area contributed by atoms with E-state index in [1.807, 2.05) is 31.2 Å². The average molecular weight is 322 g/mol. The molecule has 0 saturated carbocycles. The van der Waals surface area contributed by atoms with E-state index in [1.165, 1.54) is 5.56 Å². The van der Waals surface area contributed by atoms with Crippen LogP contribution in [0.15, 0.2) is 40.8 Å². The van der Waals surface area contributed by atoms with Crippen molar-refractivity contribution in [2.24, 2.45) is 5.92 Å². The molecule has 1 aromatic heterocycles. The van der Waals surface area contributed by atoms with E-state index in [1.54, 1.807) is 0 Å². The van der Waals surface area contributed by atoms with Crippen molar-refractivity contribution in [3.63, 3.8) is 0 Å². The summed E-state index contributed by atoms with van der Waals surface area (Å²) in [6, 6.07) is 12.1. The number of nitrogen functional groups attached to an aromatic ring is 1. The number of fused-ring (bicyclic) bond motifs is 1. The number of aryl methyl sites for hydroxylation is 1. The van der Waals surface area contributed by atoms with E-state index in [0.29, 0.717) is 11.8 Å². The minimum atomic E-state index is 0.628. The number of hydrogen-bond acceptors (Lipinski definition) is 4. The van der Waals surface area contributed by atoms with Crippen LogP contribution in [0.4, 0.5) is 5.69 Å². The number of anilines is 1. The number of benzene rings is 2. The van der Waals surface area contributed by atoms with Gasteiger partial charge in [-0.25, -0.2) is 4.98 Å². The van der Waals surface area contributed by atoms with Gasteiger partial charge in [-0.05, 0) is 61.4 Å². The Bertz CT molecular complexity index is 863. The van der Waals surface area contributed by atoms with Crippen molar-refractivity contribution in [3.8, 4) is 11.5 Å². The van der Waals surface area contributed by atoms with Crippen LogP contribution in [0.3, 0.4) is 0 Å². The molecular formula is C20H22N2O2. The number of nitrogens with two attached hydrogens (primary N) is 1. The monoisotopic (exact) mass is 322 g/mol. The van der Waals surface area contributed by atoms with Crippen LogP contribution in [-0.2, 0) is 11.2 Å². The third kappa shape index (κ3) is 2.89. The molecule has 3 aromatic rings. The van der Waals surface area contributed by atoms with Crippen molar-refractivity contribution in [2.75, 3.05) is 18.9 Å². The van der Waals surface area contributed by atoms with Gasteiger partial charge in [0, 0.05) is 24.5 Å². The Hall–Kier alpha value is -2.33. The lowest BCUT2D eigenvalue weighted by Crippen LogP contribution is -2.18. The SMILES string of the molecule is Cc1cccc2oc(-c3ccc(CC4CCOCC4)c(N)c3)nc12. The molecule has 0 amide bonds. The second-order valence-corrected chi connectivity index (χ2v) is 6.61. The van der Waals surface area contributed by atoms with E-state index in [2.05, 4.69) is 17.1 Å². The molecule has 1 aliphatic rings. The zero-order valence-electron chi connectivity index (χ0n) is 13.9. The number of oxazole rings is 1. The third-order valence-electron chi connectivity index (χ3n) is 4.86. The van der Waals surface area contributed by atoms with Gasteiger partial charge in [0.2, 0.25) is 5.89 Å². The topological polar surface area (TPSA) is 61.3 Å². The van der Waals surface area contributed by atoms with Crippen molar-refractivity contribution >= 4 is 16.8 Å².